The molecule has 0 aliphatic carbocycles. The van der Waals surface area contributed by atoms with Crippen molar-refractivity contribution in [3.8, 4) is 0 Å². The average Bonchev–Trinajstić information content (AvgIpc) is 3.03. The highest BCUT2D eigenvalue weighted by Gasteiger charge is 2.26. The zero-order chi connectivity index (χ0) is 22.5. The van der Waals surface area contributed by atoms with E-state index in [1.165, 1.54) is 0 Å². The van der Waals surface area contributed by atoms with E-state index in [2.05, 4.69) is 11.6 Å². The lowest BCUT2D eigenvalue weighted by Gasteiger charge is -2.24. The molecule has 2 aromatic rings. The Kier molecular flexibility index (Phi) is 8.26. The summed E-state index contributed by atoms with van der Waals surface area (Å²) in [6.07, 6.45) is 3.22. The van der Waals surface area contributed by atoms with Crippen molar-refractivity contribution in [1.82, 2.24) is 14.5 Å². The van der Waals surface area contributed by atoms with Crippen LogP contribution in [0.25, 0.3) is 0 Å². The molecule has 0 bridgehead atoms. The number of carbonyl (C=O) groups excluding carboxylic acids is 1. The number of sulfone groups is 1. The molecule has 1 heterocycles. The minimum absolute atomic E-state index is 0.0155. The molecule has 8 heteroatoms. The van der Waals surface area contributed by atoms with Gasteiger partial charge in [0, 0.05) is 24.0 Å². The first-order valence-corrected chi connectivity index (χ1v) is 12.0. The number of rotatable bonds is 10. The molecule has 0 saturated carbocycles. The van der Waals surface area contributed by atoms with Crippen LogP contribution in [-0.2, 0) is 33.5 Å². The molecule has 0 saturated heterocycles. The molecule has 0 aliphatic heterocycles. The van der Waals surface area contributed by atoms with E-state index in [9.17, 15) is 13.2 Å². The topological polar surface area (TPSA) is 72.3 Å². The van der Waals surface area contributed by atoms with Crippen molar-refractivity contribution in [3.05, 3.63) is 59.4 Å². The van der Waals surface area contributed by atoms with Crippen LogP contribution in [0.1, 0.15) is 39.0 Å². The molecular weight excluding hydrogens is 422 g/mol. The molecule has 1 aromatic heterocycles. The van der Waals surface area contributed by atoms with Gasteiger partial charge in [0.1, 0.15) is 0 Å². The number of imidazole rings is 1. The first kappa shape index (κ1) is 24.2. The third-order valence-electron chi connectivity index (χ3n) is 4.48. The quantitative estimate of drug-likeness (QED) is 0.504. The Balaban J connectivity index is 2.42. The van der Waals surface area contributed by atoms with Crippen LogP contribution >= 0.6 is 11.6 Å². The third-order valence-corrected chi connectivity index (χ3v) is 6.31. The van der Waals surface area contributed by atoms with Crippen LogP contribution in [0.3, 0.4) is 0 Å². The standard InChI is InChI=1S/C22H30ClN3O3S/c1-6-10-25(21(27)17(4)5)14-20-12-24-22(26(20)13-16(2)3)30(28,29)15-18-8-7-9-19(23)11-18/h6-9,11-12,16-17H,1,10,13-15H2,2-5H3. The Hall–Kier alpha value is -2.12. The molecular formula is C22H30ClN3O3S. The van der Waals surface area contributed by atoms with E-state index in [4.69, 9.17) is 11.6 Å². The molecule has 0 atom stereocenters. The molecule has 30 heavy (non-hydrogen) atoms. The second-order valence-electron chi connectivity index (χ2n) is 8.09. The van der Waals surface area contributed by atoms with Crippen molar-refractivity contribution in [2.24, 2.45) is 11.8 Å². The molecule has 6 nitrogen and oxygen atoms in total. The predicted octanol–water partition coefficient (Wildman–Crippen LogP) is 4.34. The second-order valence-corrected chi connectivity index (χ2v) is 10.4. The zero-order valence-corrected chi connectivity index (χ0v) is 19.6. The maximum absolute atomic E-state index is 13.2. The maximum atomic E-state index is 13.2. The number of amides is 1. The van der Waals surface area contributed by atoms with Gasteiger partial charge in [-0.25, -0.2) is 13.4 Å². The fourth-order valence-corrected chi connectivity index (χ4v) is 4.89. The molecule has 2 rings (SSSR count). The van der Waals surface area contributed by atoms with Crippen molar-refractivity contribution in [2.45, 2.75) is 51.7 Å². The minimum Gasteiger partial charge on any atom is -0.333 e. The summed E-state index contributed by atoms with van der Waals surface area (Å²) in [5.74, 6) is -0.177. The molecule has 0 N–H and O–H groups in total. The van der Waals surface area contributed by atoms with Crippen molar-refractivity contribution < 1.29 is 13.2 Å². The summed E-state index contributed by atoms with van der Waals surface area (Å²) >= 11 is 6.00. The fourth-order valence-electron chi connectivity index (χ4n) is 3.19. The van der Waals surface area contributed by atoms with Crippen LogP contribution < -0.4 is 0 Å². The molecule has 1 aromatic carbocycles. The summed E-state index contributed by atoms with van der Waals surface area (Å²) in [7, 11) is -3.70. The van der Waals surface area contributed by atoms with Crippen molar-refractivity contribution >= 4 is 27.3 Å². The molecule has 0 spiro atoms. The van der Waals surface area contributed by atoms with E-state index in [0.717, 1.165) is 0 Å². The van der Waals surface area contributed by atoms with Gasteiger partial charge in [-0.1, -0.05) is 57.5 Å². The van der Waals surface area contributed by atoms with E-state index in [1.54, 1.807) is 46.0 Å². The minimum atomic E-state index is -3.70. The lowest BCUT2D eigenvalue weighted by molar-refractivity contribution is -0.134. The van der Waals surface area contributed by atoms with Crippen molar-refractivity contribution in [3.63, 3.8) is 0 Å². The van der Waals surface area contributed by atoms with Gasteiger partial charge in [-0.05, 0) is 23.6 Å². The van der Waals surface area contributed by atoms with Crippen LogP contribution in [0, 0.1) is 11.8 Å². The lowest BCUT2D eigenvalue weighted by Crippen LogP contribution is -2.34. The second kappa shape index (κ2) is 10.3. The van der Waals surface area contributed by atoms with Gasteiger partial charge in [-0.2, -0.15) is 0 Å². The number of aromatic nitrogens is 2. The molecule has 0 aliphatic rings. The van der Waals surface area contributed by atoms with Crippen LogP contribution in [0.15, 0.2) is 48.3 Å². The Morgan fingerprint density at radius 3 is 2.57 bits per heavy atom. The van der Waals surface area contributed by atoms with Crippen LogP contribution in [0.4, 0.5) is 0 Å². The largest absolute Gasteiger partial charge is 0.333 e. The summed E-state index contributed by atoms with van der Waals surface area (Å²) in [4.78, 5) is 18.5. The Bertz CT molecular complexity index is 997. The molecule has 0 radical (unpaired) electrons. The van der Waals surface area contributed by atoms with Crippen molar-refractivity contribution in [1.29, 1.82) is 0 Å². The van der Waals surface area contributed by atoms with Gasteiger partial charge in [-0.3, -0.25) is 4.79 Å². The summed E-state index contributed by atoms with van der Waals surface area (Å²) in [5, 5.41) is 0.503. The van der Waals surface area contributed by atoms with Gasteiger partial charge in [0.15, 0.2) is 0 Å². The monoisotopic (exact) mass is 451 g/mol. The van der Waals surface area contributed by atoms with Gasteiger partial charge in [0.25, 0.3) is 0 Å². The van der Waals surface area contributed by atoms with E-state index < -0.39 is 9.84 Å². The third kappa shape index (κ3) is 6.19. The number of halogens is 1. The van der Waals surface area contributed by atoms with Crippen molar-refractivity contribution in [2.75, 3.05) is 6.54 Å². The Morgan fingerprint density at radius 2 is 2.00 bits per heavy atom. The average molecular weight is 452 g/mol. The molecule has 0 fully saturated rings. The SMILES string of the molecule is C=CCN(Cc1cnc(S(=O)(=O)Cc2cccc(Cl)c2)n1CC(C)C)C(=O)C(C)C. The highest BCUT2D eigenvalue weighted by Crippen LogP contribution is 2.22. The number of nitrogens with zero attached hydrogens (tertiary/aromatic N) is 3. The summed E-state index contributed by atoms with van der Waals surface area (Å²) in [5.41, 5.74) is 1.29. The van der Waals surface area contributed by atoms with Gasteiger partial charge < -0.3 is 9.47 Å². The first-order valence-electron chi connectivity index (χ1n) is 9.96. The van der Waals surface area contributed by atoms with Crippen LogP contribution in [-0.4, -0.2) is 35.3 Å². The number of benzene rings is 1. The summed E-state index contributed by atoms with van der Waals surface area (Å²) in [6, 6.07) is 6.80. The van der Waals surface area contributed by atoms with Crippen LogP contribution in [0.2, 0.25) is 5.02 Å². The molecule has 0 unspecified atom stereocenters. The summed E-state index contributed by atoms with van der Waals surface area (Å²) in [6.45, 7) is 12.6. The number of hydrogen-bond donors (Lipinski definition) is 0. The van der Waals surface area contributed by atoms with Gasteiger partial charge in [0.05, 0.1) is 24.2 Å². The molecule has 164 valence electrons. The van der Waals surface area contributed by atoms with E-state index in [0.29, 0.717) is 29.4 Å². The van der Waals surface area contributed by atoms with E-state index in [1.807, 2.05) is 27.7 Å². The lowest BCUT2D eigenvalue weighted by atomic mass is 10.2. The highest BCUT2D eigenvalue weighted by molar-refractivity contribution is 7.90. The van der Waals surface area contributed by atoms with E-state index >= 15 is 0 Å². The van der Waals surface area contributed by atoms with E-state index in [-0.39, 0.29) is 35.2 Å². The van der Waals surface area contributed by atoms with Gasteiger partial charge in [-0.15, -0.1) is 6.58 Å². The smallest absolute Gasteiger partial charge is 0.228 e. The highest BCUT2D eigenvalue weighted by atomic mass is 35.5. The summed E-state index contributed by atoms with van der Waals surface area (Å²) < 4.78 is 28.0. The number of hydrogen-bond acceptors (Lipinski definition) is 4. The van der Waals surface area contributed by atoms with Crippen LogP contribution in [0.5, 0.6) is 0 Å². The predicted molar refractivity (Wildman–Crippen MR) is 120 cm³/mol. The number of carbonyl (C=O) groups is 1. The Labute approximate surface area is 184 Å². The Morgan fingerprint density at radius 1 is 1.30 bits per heavy atom. The molecule has 1 amide bonds. The maximum Gasteiger partial charge on any atom is 0.228 e. The first-order chi connectivity index (χ1) is 14.0. The van der Waals surface area contributed by atoms with Gasteiger partial charge >= 0.3 is 0 Å². The normalized spacial score (nSPS) is 11.8. The fraction of sp³-hybridized carbons (Fsp3) is 0.455. The van der Waals surface area contributed by atoms with Gasteiger partial charge in [0.2, 0.25) is 20.9 Å². The zero-order valence-electron chi connectivity index (χ0n) is 18.0.